The summed E-state index contributed by atoms with van der Waals surface area (Å²) in [6.45, 7) is 2.07. The number of fused-ring (bicyclic) bond motifs is 1. The van der Waals surface area contributed by atoms with Gasteiger partial charge >= 0.3 is 5.97 Å². The predicted molar refractivity (Wildman–Crippen MR) is 122 cm³/mol. The molecule has 0 radical (unpaired) electrons. The number of anilines is 2. The van der Waals surface area contributed by atoms with Crippen molar-refractivity contribution < 1.29 is 23.5 Å². The van der Waals surface area contributed by atoms with E-state index in [2.05, 4.69) is 27.6 Å². The first-order chi connectivity index (χ1) is 15.7. The fourth-order valence-electron chi connectivity index (χ4n) is 3.42. The molecule has 2 aromatic carbocycles. The minimum atomic E-state index is -3.98. The Kier molecular flexibility index (Phi) is 5.99. The Morgan fingerprint density at radius 3 is 2.45 bits per heavy atom. The van der Waals surface area contributed by atoms with Crippen LogP contribution in [0.5, 0.6) is 0 Å². The van der Waals surface area contributed by atoms with Crippen molar-refractivity contribution in [1.82, 2.24) is 15.4 Å². The highest BCUT2D eigenvalue weighted by Crippen LogP contribution is 2.26. The van der Waals surface area contributed by atoms with Gasteiger partial charge in [-0.1, -0.05) is 25.1 Å². The lowest BCUT2D eigenvalue weighted by molar-refractivity contribution is 0.0697. The second-order valence-electron chi connectivity index (χ2n) is 7.66. The van der Waals surface area contributed by atoms with Gasteiger partial charge in [0, 0.05) is 5.69 Å². The second-order valence-corrected chi connectivity index (χ2v) is 9.35. The summed E-state index contributed by atoms with van der Waals surface area (Å²) >= 11 is 0. The first-order valence-corrected chi connectivity index (χ1v) is 11.6. The number of hydrogen-bond donors (Lipinski definition) is 7. The zero-order chi connectivity index (χ0) is 23.6. The van der Waals surface area contributed by atoms with Gasteiger partial charge in [-0.15, -0.1) is 0 Å². The standard InChI is InChI=1S/C22H23N5O5S/c1-13-5-10-18-19(11-13)25-20(23-16-4-2-3-14(12-16)22(28)29)21(24-18)27-33(31,32)17-8-6-15(26-30)7-9-17/h2-4,6-13,23-27,30H,5H2,1H3,(H,28,29). The van der Waals surface area contributed by atoms with Gasteiger partial charge in [-0.3, -0.25) is 15.4 Å². The van der Waals surface area contributed by atoms with Gasteiger partial charge in [0.15, 0.2) is 11.6 Å². The van der Waals surface area contributed by atoms with Crippen LogP contribution in [0.1, 0.15) is 23.7 Å². The number of carboxylic acids is 1. The lowest BCUT2D eigenvalue weighted by atomic mass is 9.98. The van der Waals surface area contributed by atoms with Crippen LogP contribution in [0.15, 0.2) is 88.6 Å². The minimum Gasteiger partial charge on any atom is -0.478 e. The van der Waals surface area contributed by atoms with Crippen molar-refractivity contribution in [2.75, 3.05) is 10.8 Å². The number of carbonyl (C=O) groups is 1. The van der Waals surface area contributed by atoms with E-state index in [1.165, 1.54) is 36.4 Å². The molecule has 7 N–H and O–H groups in total. The van der Waals surface area contributed by atoms with Gasteiger partial charge in [-0.25, -0.2) is 13.2 Å². The number of benzene rings is 2. The molecule has 0 bridgehead atoms. The number of aromatic carboxylic acids is 1. The van der Waals surface area contributed by atoms with E-state index in [4.69, 9.17) is 5.21 Å². The summed E-state index contributed by atoms with van der Waals surface area (Å²) in [5.74, 6) is -0.310. The van der Waals surface area contributed by atoms with Crippen molar-refractivity contribution in [1.29, 1.82) is 0 Å². The quantitative estimate of drug-likeness (QED) is 0.304. The van der Waals surface area contributed by atoms with Crippen molar-refractivity contribution in [3.63, 3.8) is 0 Å². The van der Waals surface area contributed by atoms with E-state index in [0.29, 0.717) is 23.1 Å². The Morgan fingerprint density at radius 1 is 1.03 bits per heavy atom. The van der Waals surface area contributed by atoms with E-state index in [1.54, 1.807) is 12.1 Å². The summed E-state index contributed by atoms with van der Waals surface area (Å²) in [5, 5.41) is 27.6. The molecular weight excluding hydrogens is 446 g/mol. The third-order valence-electron chi connectivity index (χ3n) is 5.11. The molecule has 1 aliphatic heterocycles. The molecule has 0 fully saturated rings. The smallest absolute Gasteiger partial charge is 0.335 e. The van der Waals surface area contributed by atoms with Crippen LogP contribution in [0, 0.1) is 5.92 Å². The summed E-state index contributed by atoms with van der Waals surface area (Å²) in [5.41, 5.74) is 4.38. The zero-order valence-corrected chi connectivity index (χ0v) is 18.4. The van der Waals surface area contributed by atoms with Gasteiger partial charge < -0.3 is 21.1 Å². The van der Waals surface area contributed by atoms with Crippen LogP contribution in [0.3, 0.4) is 0 Å². The summed E-state index contributed by atoms with van der Waals surface area (Å²) in [4.78, 5) is 11.3. The average molecular weight is 470 g/mol. The van der Waals surface area contributed by atoms with Gasteiger partial charge in [-0.05, 0) is 54.8 Å². The van der Waals surface area contributed by atoms with Gasteiger partial charge in [0.25, 0.3) is 10.0 Å². The van der Waals surface area contributed by atoms with Gasteiger partial charge in [0.05, 0.1) is 27.5 Å². The Labute approximate surface area is 190 Å². The summed E-state index contributed by atoms with van der Waals surface area (Å²) < 4.78 is 28.6. The van der Waals surface area contributed by atoms with E-state index >= 15 is 0 Å². The number of carboxylic acid groups (broad SMARTS) is 1. The second kappa shape index (κ2) is 8.88. The van der Waals surface area contributed by atoms with Gasteiger partial charge in [0.1, 0.15) is 0 Å². The topological polar surface area (TPSA) is 152 Å². The van der Waals surface area contributed by atoms with E-state index < -0.39 is 16.0 Å². The molecule has 10 nitrogen and oxygen atoms in total. The first-order valence-electron chi connectivity index (χ1n) is 10.1. The number of allylic oxidation sites excluding steroid dienone is 2. The predicted octanol–water partition coefficient (Wildman–Crippen LogP) is 2.70. The van der Waals surface area contributed by atoms with Crippen molar-refractivity contribution in [3.05, 3.63) is 89.3 Å². The van der Waals surface area contributed by atoms with E-state index in [1.807, 2.05) is 17.6 Å². The number of nitrogens with one attached hydrogen (secondary N) is 5. The fourth-order valence-corrected chi connectivity index (χ4v) is 4.46. The normalized spacial score (nSPS) is 17.6. The molecule has 172 valence electrons. The van der Waals surface area contributed by atoms with Gasteiger partial charge in [-0.2, -0.15) is 0 Å². The van der Waals surface area contributed by atoms with E-state index in [-0.39, 0.29) is 16.3 Å². The molecule has 33 heavy (non-hydrogen) atoms. The maximum atomic E-state index is 13.0. The van der Waals surface area contributed by atoms with Crippen molar-refractivity contribution in [2.45, 2.75) is 18.2 Å². The average Bonchev–Trinajstić information content (AvgIpc) is 2.79. The van der Waals surface area contributed by atoms with Crippen LogP contribution in [-0.4, -0.2) is 24.7 Å². The Bertz CT molecular complexity index is 1280. The van der Waals surface area contributed by atoms with Crippen LogP contribution in [0.2, 0.25) is 0 Å². The highest BCUT2D eigenvalue weighted by Gasteiger charge is 2.26. The molecule has 0 spiro atoms. The summed E-state index contributed by atoms with van der Waals surface area (Å²) in [6.07, 6.45) is 4.81. The number of rotatable bonds is 7. The van der Waals surface area contributed by atoms with Crippen LogP contribution in [0.4, 0.5) is 11.4 Å². The highest BCUT2D eigenvalue weighted by atomic mass is 32.2. The number of sulfonamides is 1. The lowest BCUT2D eigenvalue weighted by Crippen LogP contribution is -2.43. The molecule has 11 heteroatoms. The summed E-state index contributed by atoms with van der Waals surface area (Å²) in [7, 11) is -3.98. The molecule has 4 rings (SSSR count). The van der Waals surface area contributed by atoms with Crippen molar-refractivity contribution in [3.8, 4) is 0 Å². The Balaban J connectivity index is 1.70. The molecule has 0 aromatic heterocycles. The first kappa shape index (κ1) is 22.2. The Hall–Kier alpha value is -3.96. The maximum absolute atomic E-state index is 13.0. The maximum Gasteiger partial charge on any atom is 0.335 e. The fraction of sp³-hybridized carbons (Fsp3) is 0.136. The molecule has 1 atom stereocenters. The van der Waals surface area contributed by atoms with Crippen LogP contribution >= 0.6 is 0 Å². The van der Waals surface area contributed by atoms with Crippen molar-refractivity contribution >= 4 is 27.4 Å². The van der Waals surface area contributed by atoms with Crippen LogP contribution < -0.4 is 26.2 Å². The summed E-state index contributed by atoms with van der Waals surface area (Å²) in [6, 6.07) is 11.8. The molecule has 2 aromatic rings. The Morgan fingerprint density at radius 2 is 1.76 bits per heavy atom. The monoisotopic (exact) mass is 469 g/mol. The largest absolute Gasteiger partial charge is 0.478 e. The van der Waals surface area contributed by atoms with E-state index in [9.17, 15) is 18.3 Å². The van der Waals surface area contributed by atoms with Gasteiger partial charge in [0.2, 0.25) is 0 Å². The molecule has 1 unspecified atom stereocenters. The van der Waals surface area contributed by atoms with E-state index in [0.717, 1.165) is 17.8 Å². The third-order valence-corrected chi connectivity index (χ3v) is 6.48. The minimum absolute atomic E-state index is 0.00407. The van der Waals surface area contributed by atoms with Crippen molar-refractivity contribution in [2.24, 2.45) is 5.92 Å². The van der Waals surface area contributed by atoms with Crippen LogP contribution in [-0.2, 0) is 10.0 Å². The molecule has 0 saturated carbocycles. The number of hydrogen-bond acceptors (Lipinski definition) is 8. The molecule has 0 saturated heterocycles. The third kappa shape index (κ3) is 4.94. The lowest BCUT2D eigenvalue weighted by Gasteiger charge is -2.31. The molecule has 0 amide bonds. The molecule has 2 aliphatic rings. The molecule has 1 aliphatic carbocycles. The van der Waals surface area contributed by atoms with Crippen LogP contribution in [0.25, 0.3) is 0 Å². The molecule has 1 heterocycles. The molecular formula is C22H23N5O5S. The highest BCUT2D eigenvalue weighted by molar-refractivity contribution is 7.89. The SMILES string of the molecule is CC1C=C2NC(Nc3cccc(C(=O)O)c3)=C(NS(=O)(=O)c3ccc(NO)cc3)NC2=CC1. The zero-order valence-electron chi connectivity index (χ0n) is 17.6.